The van der Waals surface area contributed by atoms with Gasteiger partial charge >= 0.3 is 5.97 Å². The fourth-order valence-electron chi connectivity index (χ4n) is 2.10. The van der Waals surface area contributed by atoms with Crippen LogP contribution >= 0.6 is 0 Å². The third-order valence-corrected chi connectivity index (χ3v) is 3.14. The van der Waals surface area contributed by atoms with E-state index in [4.69, 9.17) is 14.6 Å². The fraction of sp³-hybridized carbons (Fsp3) is 0.471. The molecule has 0 saturated carbocycles. The molecule has 1 aromatic carbocycles. The number of benzene rings is 1. The normalized spacial score (nSPS) is 10.8. The highest BCUT2D eigenvalue weighted by molar-refractivity contribution is 5.98. The summed E-state index contributed by atoms with van der Waals surface area (Å²) >= 11 is 0. The van der Waals surface area contributed by atoms with Crippen LogP contribution in [-0.4, -0.2) is 43.7 Å². The van der Waals surface area contributed by atoms with Gasteiger partial charge in [-0.05, 0) is 17.5 Å². The van der Waals surface area contributed by atoms with Crippen LogP contribution in [-0.2, 0) is 9.59 Å². The number of rotatable bonds is 7. The van der Waals surface area contributed by atoms with Crippen LogP contribution in [0.2, 0.25) is 0 Å². The Bertz CT molecular complexity index is 664. The molecule has 1 aromatic rings. The third-order valence-electron chi connectivity index (χ3n) is 3.14. The molecular weight excluding hydrogens is 328 g/mol. The van der Waals surface area contributed by atoms with Gasteiger partial charge in [-0.25, -0.2) is 4.79 Å². The SMILES string of the molecule is COc1cc(C(=O)O)cc(NC(=O)CNC(=O)CC(C)(C)C)c1OC. The molecule has 3 N–H and O–H groups in total. The van der Waals surface area contributed by atoms with Gasteiger partial charge in [-0.15, -0.1) is 0 Å². The molecule has 2 amide bonds. The molecule has 8 nitrogen and oxygen atoms in total. The highest BCUT2D eigenvalue weighted by Crippen LogP contribution is 2.36. The summed E-state index contributed by atoms with van der Waals surface area (Å²) in [6.45, 7) is 5.52. The van der Waals surface area contributed by atoms with Crippen LogP contribution in [0.5, 0.6) is 11.5 Å². The van der Waals surface area contributed by atoms with Crippen molar-refractivity contribution >= 4 is 23.5 Å². The number of carboxylic acids is 1. The van der Waals surface area contributed by atoms with Crippen molar-refractivity contribution in [2.75, 3.05) is 26.1 Å². The zero-order chi connectivity index (χ0) is 19.2. The predicted octanol–water partition coefficient (Wildman–Crippen LogP) is 1.89. The van der Waals surface area contributed by atoms with Gasteiger partial charge in [0.05, 0.1) is 32.0 Å². The first-order valence-electron chi connectivity index (χ1n) is 7.63. The Morgan fingerprint density at radius 1 is 1.08 bits per heavy atom. The van der Waals surface area contributed by atoms with Crippen molar-refractivity contribution in [3.63, 3.8) is 0 Å². The molecule has 0 bridgehead atoms. The molecule has 0 radical (unpaired) electrons. The van der Waals surface area contributed by atoms with Crippen LogP contribution in [0.25, 0.3) is 0 Å². The van der Waals surface area contributed by atoms with E-state index in [2.05, 4.69) is 10.6 Å². The minimum absolute atomic E-state index is 0.0651. The Labute approximate surface area is 146 Å². The van der Waals surface area contributed by atoms with Crippen LogP contribution in [0, 0.1) is 5.41 Å². The smallest absolute Gasteiger partial charge is 0.335 e. The summed E-state index contributed by atoms with van der Waals surface area (Å²) in [7, 11) is 2.74. The summed E-state index contributed by atoms with van der Waals surface area (Å²) in [6.07, 6.45) is 0.284. The molecule has 0 aliphatic heterocycles. The second-order valence-electron chi connectivity index (χ2n) is 6.63. The summed E-state index contributed by atoms with van der Waals surface area (Å²) in [5.41, 5.74) is -0.105. The molecule has 8 heteroatoms. The molecule has 25 heavy (non-hydrogen) atoms. The number of aromatic carboxylic acids is 1. The van der Waals surface area contributed by atoms with Gasteiger partial charge in [-0.3, -0.25) is 9.59 Å². The molecule has 138 valence electrons. The lowest BCUT2D eigenvalue weighted by atomic mass is 9.92. The molecule has 0 aliphatic carbocycles. The number of carboxylic acid groups (broad SMARTS) is 1. The highest BCUT2D eigenvalue weighted by atomic mass is 16.5. The Hall–Kier alpha value is -2.77. The molecule has 1 rings (SSSR count). The Balaban J connectivity index is 2.87. The lowest BCUT2D eigenvalue weighted by Gasteiger charge is -2.17. The van der Waals surface area contributed by atoms with Gasteiger partial charge in [0, 0.05) is 6.42 Å². The molecule has 0 fully saturated rings. The second-order valence-corrected chi connectivity index (χ2v) is 6.63. The Kier molecular flexibility index (Phi) is 6.78. The first-order valence-corrected chi connectivity index (χ1v) is 7.63. The van der Waals surface area contributed by atoms with E-state index < -0.39 is 11.9 Å². The summed E-state index contributed by atoms with van der Waals surface area (Å²) < 4.78 is 10.3. The van der Waals surface area contributed by atoms with Crippen molar-refractivity contribution in [3.05, 3.63) is 17.7 Å². The largest absolute Gasteiger partial charge is 0.493 e. The number of carbonyl (C=O) groups is 3. The van der Waals surface area contributed by atoms with Gasteiger partial charge < -0.3 is 25.2 Å². The van der Waals surface area contributed by atoms with Crippen LogP contribution in [0.15, 0.2) is 12.1 Å². The fourth-order valence-corrected chi connectivity index (χ4v) is 2.10. The lowest BCUT2D eigenvalue weighted by Crippen LogP contribution is -2.34. The Morgan fingerprint density at radius 2 is 1.72 bits per heavy atom. The monoisotopic (exact) mass is 352 g/mol. The van der Waals surface area contributed by atoms with Crippen molar-refractivity contribution in [2.24, 2.45) is 5.41 Å². The van der Waals surface area contributed by atoms with Crippen molar-refractivity contribution in [1.82, 2.24) is 5.32 Å². The molecule has 0 aromatic heterocycles. The standard InChI is InChI=1S/C17H24N2O6/c1-17(2,3)8-13(20)18-9-14(21)19-11-6-10(16(22)23)7-12(24-4)15(11)25-5/h6-7H,8-9H2,1-5H3,(H,18,20)(H,19,21)(H,22,23). The van der Waals surface area contributed by atoms with Gasteiger partial charge in [0.15, 0.2) is 11.5 Å². The van der Waals surface area contributed by atoms with Gasteiger partial charge in [0.25, 0.3) is 0 Å². The topological polar surface area (TPSA) is 114 Å². The number of ether oxygens (including phenoxy) is 2. The number of hydrogen-bond acceptors (Lipinski definition) is 5. The lowest BCUT2D eigenvalue weighted by molar-refractivity contribution is -0.125. The van der Waals surface area contributed by atoms with Crippen molar-refractivity contribution in [1.29, 1.82) is 0 Å². The van der Waals surface area contributed by atoms with Crippen LogP contribution in [0.3, 0.4) is 0 Å². The van der Waals surface area contributed by atoms with E-state index in [1.807, 2.05) is 20.8 Å². The maximum Gasteiger partial charge on any atom is 0.335 e. The van der Waals surface area contributed by atoms with Gasteiger partial charge in [0.1, 0.15) is 0 Å². The quantitative estimate of drug-likeness (QED) is 0.690. The molecular formula is C17H24N2O6. The van der Waals surface area contributed by atoms with E-state index >= 15 is 0 Å². The molecule has 0 heterocycles. The molecule has 0 atom stereocenters. The zero-order valence-corrected chi connectivity index (χ0v) is 15.1. The number of carbonyl (C=O) groups excluding carboxylic acids is 2. The molecule has 0 saturated heterocycles. The van der Waals surface area contributed by atoms with Crippen LogP contribution in [0.4, 0.5) is 5.69 Å². The molecule has 0 aliphatic rings. The maximum atomic E-state index is 12.1. The van der Waals surface area contributed by atoms with E-state index in [1.165, 1.54) is 26.4 Å². The number of hydrogen-bond donors (Lipinski definition) is 3. The molecule has 0 unspecified atom stereocenters. The van der Waals surface area contributed by atoms with E-state index in [1.54, 1.807) is 0 Å². The van der Waals surface area contributed by atoms with Crippen LogP contribution in [0.1, 0.15) is 37.6 Å². The maximum absolute atomic E-state index is 12.1. The van der Waals surface area contributed by atoms with E-state index in [0.29, 0.717) is 0 Å². The molecule has 0 spiro atoms. The predicted molar refractivity (Wildman–Crippen MR) is 92.2 cm³/mol. The minimum Gasteiger partial charge on any atom is -0.493 e. The van der Waals surface area contributed by atoms with Gasteiger partial charge in [-0.2, -0.15) is 0 Å². The zero-order valence-electron chi connectivity index (χ0n) is 15.1. The third kappa shape index (κ3) is 6.33. The average Bonchev–Trinajstić information content (AvgIpc) is 2.50. The van der Waals surface area contributed by atoms with Gasteiger partial charge in [-0.1, -0.05) is 20.8 Å². The highest BCUT2D eigenvalue weighted by Gasteiger charge is 2.19. The van der Waals surface area contributed by atoms with E-state index in [9.17, 15) is 14.4 Å². The summed E-state index contributed by atoms with van der Waals surface area (Å²) in [5, 5.41) is 14.2. The van der Waals surface area contributed by atoms with Gasteiger partial charge in [0.2, 0.25) is 11.8 Å². The van der Waals surface area contributed by atoms with E-state index in [-0.39, 0.29) is 47.0 Å². The van der Waals surface area contributed by atoms with Crippen molar-refractivity contribution in [2.45, 2.75) is 27.2 Å². The number of methoxy groups -OCH3 is 2. The summed E-state index contributed by atoms with van der Waals surface area (Å²) in [6, 6.07) is 2.56. The summed E-state index contributed by atoms with van der Waals surface area (Å²) in [4.78, 5) is 35.0. The first kappa shape index (κ1) is 20.3. The van der Waals surface area contributed by atoms with Crippen molar-refractivity contribution < 1.29 is 29.0 Å². The second kappa shape index (κ2) is 8.36. The van der Waals surface area contributed by atoms with Crippen LogP contribution < -0.4 is 20.1 Å². The van der Waals surface area contributed by atoms with Crippen molar-refractivity contribution in [3.8, 4) is 11.5 Å². The van der Waals surface area contributed by atoms with E-state index in [0.717, 1.165) is 0 Å². The number of nitrogens with one attached hydrogen (secondary N) is 2. The number of anilines is 1. The summed E-state index contributed by atoms with van der Waals surface area (Å²) in [5.74, 6) is -1.55. The minimum atomic E-state index is -1.17. The first-order chi connectivity index (χ1) is 11.6. The number of amides is 2. The Morgan fingerprint density at radius 3 is 2.20 bits per heavy atom. The average molecular weight is 352 g/mol.